The molecule has 3 rings (SSSR count). The van der Waals surface area contributed by atoms with Crippen molar-refractivity contribution >= 4 is 0 Å². The summed E-state index contributed by atoms with van der Waals surface area (Å²) in [6, 6.07) is 15.5. The van der Waals surface area contributed by atoms with Crippen LogP contribution >= 0.6 is 0 Å². The standard InChI is InChI=1S/C22H29FN2O2/c1-25(20-9-12-26-13-10-20)11-14-27-21-7-4-5-18(15-21)16-24-17-19-6-2-3-8-22(19)23/h2-8,15,20,24H,9-14,16-17H2,1H3. The second-order valence-corrected chi connectivity index (χ2v) is 7.01. The van der Waals surface area contributed by atoms with E-state index in [0.717, 1.165) is 43.9 Å². The minimum absolute atomic E-state index is 0.171. The molecule has 0 saturated carbocycles. The first-order valence-electron chi connectivity index (χ1n) is 9.66. The van der Waals surface area contributed by atoms with Crippen molar-refractivity contribution < 1.29 is 13.9 Å². The van der Waals surface area contributed by atoms with Gasteiger partial charge in [0.25, 0.3) is 0 Å². The van der Waals surface area contributed by atoms with Crippen molar-refractivity contribution in [2.24, 2.45) is 0 Å². The SMILES string of the molecule is CN(CCOc1cccc(CNCc2ccccc2F)c1)C1CCOCC1. The molecule has 1 aliphatic rings. The number of hydrogen-bond donors (Lipinski definition) is 1. The van der Waals surface area contributed by atoms with Gasteiger partial charge in [0, 0.05) is 44.5 Å². The lowest BCUT2D eigenvalue weighted by molar-refractivity contribution is 0.0392. The molecule has 5 heteroatoms. The monoisotopic (exact) mass is 372 g/mol. The molecule has 1 aliphatic heterocycles. The first kappa shape index (κ1) is 19.8. The Labute approximate surface area is 161 Å². The Morgan fingerprint density at radius 1 is 1.11 bits per heavy atom. The number of nitrogens with one attached hydrogen (secondary N) is 1. The average Bonchev–Trinajstić information content (AvgIpc) is 2.70. The van der Waals surface area contributed by atoms with E-state index in [9.17, 15) is 4.39 Å². The van der Waals surface area contributed by atoms with E-state index in [4.69, 9.17) is 9.47 Å². The molecule has 0 atom stereocenters. The maximum Gasteiger partial charge on any atom is 0.127 e. The van der Waals surface area contributed by atoms with Gasteiger partial charge in [-0.1, -0.05) is 30.3 Å². The number of nitrogens with zero attached hydrogens (tertiary/aromatic N) is 1. The van der Waals surface area contributed by atoms with E-state index >= 15 is 0 Å². The van der Waals surface area contributed by atoms with Crippen LogP contribution in [0.4, 0.5) is 4.39 Å². The number of halogens is 1. The Hall–Kier alpha value is -1.95. The Kier molecular flexibility index (Phi) is 7.63. The van der Waals surface area contributed by atoms with Gasteiger partial charge < -0.3 is 14.8 Å². The van der Waals surface area contributed by atoms with Gasteiger partial charge in [0.2, 0.25) is 0 Å². The third-order valence-corrected chi connectivity index (χ3v) is 5.03. The molecule has 0 unspecified atom stereocenters. The van der Waals surface area contributed by atoms with Crippen LogP contribution in [-0.2, 0) is 17.8 Å². The molecule has 0 amide bonds. The Balaban J connectivity index is 1.41. The molecule has 0 aromatic heterocycles. The molecule has 0 bridgehead atoms. The quantitative estimate of drug-likeness (QED) is 0.729. The van der Waals surface area contributed by atoms with Crippen molar-refractivity contribution in [1.29, 1.82) is 0 Å². The van der Waals surface area contributed by atoms with Crippen LogP contribution in [0.5, 0.6) is 5.75 Å². The lowest BCUT2D eigenvalue weighted by Gasteiger charge is -2.31. The van der Waals surface area contributed by atoms with E-state index < -0.39 is 0 Å². The summed E-state index contributed by atoms with van der Waals surface area (Å²) < 4.78 is 25.0. The third-order valence-electron chi connectivity index (χ3n) is 5.03. The molecule has 146 valence electrons. The predicted octanol–water partition coefficient (Wildman–Crippen LogP) is 3.61. The number of likely N-dealkylation sites (N-methyl/N-ethyl adjacent to an activating group) is 1. The topological polar surface area (TPSA) is 33.7 Å². The number of ether oxygens (including phenoxy) is 2. The van der Waals surface area contributed by atoms with Gasteiger partial charge in [-0.25, -0.2) is 4.39 Å². The van der Waals surface area contributed by atoms with Crippen LogP contribution in [-0.4, -0.2) is 44.4 Å². The fourth-order valence-corrected chi connectivity index (χ4v) is 3.34. The molecule has 27 heavy (non-hydrogen) atoms. The fraction of sp³-hybridized carbons (Fsp3) is 0.455. The summed E-state index contributed by atoms with van der Waals surface area (Å²) in [6.45, 7) is 4.47. The molecule has 1 saturated heterocycles. The fourth-order valence-electron chi connectivity index (χ4n) is 3.34. The first-order chi connectivity index (χ1) is 13.2. The van der Waals surface area contributed by atoms with E-state index in [1.54, 1.807) is 12.1 Å². The minimum atomic E-state index is -0.171. The Morgan fingerprint density at radius 2 is 1.93 bits per heavy atom. The molecular weight excluding hydrogens is 343 g/mol. The van der Waals surface area contributed by atoms with Gasteiger partial charge in [0.05, 0.1) is 0 Å². The molecule has 2 aromatic rings. The van der Waals surface area contributed by atoms with Gasteiger partial charge in [-0.2, -0.15) is 0 Å². The van der Waals surface area contributed by atoms with Crippen molar-refractivity contribution in [3.63, 3.8) is 0 Å². The van der Waals surface area contributed by atoms with Crippen molar-refractivity contribution in [2.75, 3.05) is 33.4 Å². The summed E-state index contributed by atoms with van der Waals surface area (Å²) in [7, 11) is 2.16. The van der Waals surface area contributed by atoms with E-state index in [0.29, 0.717) is 31.3 Å². The zero-order valence-corrected chi connectivity index (χ0v) is 16.0. The second kappa shape index (κ2) is 10.4. The third kappa shape index (κ3) is 6.31. The molecule has 1 fully saturated rings. The second-order valence-electron chi connectivity index (χ2n) is 7.01. The lowest BCUT2D eigenvalue weighted by Crippen LogP contribution is -2.38. The first-order valence-corrected chi connectivity index (χ1v) is 9.66. The van der Waals surface area contributed by atoms with E-state index in [1.165, 1.54) is 6.07 Å². The molecule has 0 aliphatic carbocycles. The van der Waals surface area contributed by atoms with Gasteiger partial charge in [0.15, 0.2) is 0 Å². The molecule has 4 nitrogen and oxygen atoms in total. The molecule has 0 spiro atoms. The van der Waals surface area contributed by atoms with Crippen LogP contribution in [0.15, 0.2) is 48.5 Å². The highest BCUT2D eigenvalue weighted by Crippen LogP contribution is 2.15. The predicted molar refractivity (Wildman–Crippen MR) is 105 cm³/mol. The Bertz CT molecular complexity index is 704. The van der Waals surface area contributed by atoms with Gasteiger partial charge in [-0.05, 0) is 43.7 Å². The van der Waals surface area contributed by atoms with Crippen LogP contribution in [0.2, 0.25) is 0 Å². The van der Waals surface area contributed by atoms with Gasteiger partial charge >= 0.3 is 0 Å². The number of rotatable bonds is 9. The molecule has 1 N–H and O–H groups in total. The molecule has 0 radical (unpaired) electrons. The Morgan fingerprint density at radius 3 is 2.74 bits per heavy atom. The number of hydrogen-bond acceptors (Lipinski definition) is 4. The highest BCUT2D eigenvalue weighted by Gasteiger charge is 2.17. The van der Waals surface area contributed by atoms with Crippen LogP contribution in [0, 0.1) is 5.82 Å². The van der Waals surface area contributed by atoms with Gasteiger partial charge in [-0.3, -0.25) is 4.90 Å². The summed E-state index contributed by atoms with van der Waals surface area (Å²) in [6.07, 6.45) is 2.19. The molecule has 2 aromatic carbocycles. The normalized spacial score (nSPS) is 15.2. The highest BCUT2D eigenvalue weighted by atomic mass is 19.1. The smallest absolute Gasteiger partial charge is 0.127 e. The van der Waals surface area contributed by atoms with Crippen LogP contribution in [0.1, 0.15) is 24.0 Å². The van der Waals surface area contributed by atoms with Crippen molar-refractivity contribution in [2.45, 2.75) is 32.0 Å². The van der Waals surface area contributed by atoms with E-state index in [2.05, 4.69) is 23.3 Å². The zero-order valence-electron chi connectivity index (χ0n) is 16.0. The minimum Gasteiger partial charge on any atom is -0.492 e. The largest absolute Gasteiger partial charge is 0.492 e. The van der Waals surface area contributed by atoms with Crippen LogP contribution in [0.25, 0.3) is 0 Å². The highest BCUT2D eigenvalue weighted by molar-refractivity contribution is 5.28. The zero-order chi connectivity index (χ0) is 18.9. The average molecular weight is 372 g/mol. The molecular formula is C22H29FN2O2. The summed E-state index contributed by atoms with van der Waals surface area (Å²) >= 11 is 0. The lowest BCUT2D eigenvalue weighted by atomic mass is 10.1. The summed E-state index contributed by atoms with van der Waals surface area (Å²) in [5.74, 6) is 0.705. The van der Waals surface area contributed by atoms with E-state index in [-0.39, 0.29) is 5.82 Å². The number of benzene rings is 2. The van der Waals surface area contributed by atoms with Gasteiger partial charge in [0.1, 0.15) is 18.2 Å². The summed E-state index contributed by atoms with van der Waals surface area (Å²) in [5, 5.41) is 3.29. The van der Waals surface area contributed by atoms with Crippen LogP contribution < -0.4 is 10.1 Å². The van der Waals surface area contributed by atoms with Crippen molar-refractivity contribution in [3.8, 4) is 5.75 Å². The summed E-state index contributed by atoms with van der Waals surface area (Å²) in [4.78, 5) is 2.36. The maximum atomic E-state index is 13.6. The van der Waals surface area contributed by atoms with Crippen molar-refractivity contribution in [1.82, 2.24) is 10.2 Å². The summed E-state index contributed by atoms with van der Waals surface area (Å²) in [5.41, 5.74) is 1.81. The maximum absolute atomic E-state index is 13.6. The molecule has 1 heterocycles. The van der Waals surface area contributed by atoms with Gasteiger partial charge in [-0.15, -0.1) is 0 Å². The van der Waals surface area contributed by atoms with E-state index in [1.807, 2.05) is 24.3 Å². The van der Waals surface area contributed by atoms with Crippen molar-refractivity contribution in [3.05, 3.63) is 65.5 Å². The van der Waals surface area contributed by atoms with Crippen LogP contribution in [0.3, 0.4) is 0 Å².